The van der Waals surface area contributed by atoms with Crippen molar-refractivity contribution in [3.8, 4) is 11.3 Å². The summed E-state index contributed by atoms with van der Waals surface area (Å²) in [4.78, 5) is 13.4. The van der Waals surface area contributed by atoms with Crippen molar-refractivity contribution in [3.63, 3.8) is 0 Å². The molecule has 1 aromatic heterocycles. The summed E-state index contributed by atoms with van der Waals surface area (Å²) in [5.41, 5.74) is 3.06. The maximum absolute atomic E-state index is 11.0. The second kappa shape index (κ2) is 6.29. The molecule has 0 saturated carbocycles. The summed E-state index contributed by atoms with van der Waals surface area (Å²) >= 11 is 0. The zero-order chi connectivity index (χ0) is 15.5. The van der Waals surface area contributed by atoms with E-state index in [0.717, 1.165) is 44.1 Å². The van der Waals surface area contributed by atoms with Gasteiger partial charge in [0.05, 0.1) is 18.9 Å². The Hall–Kier alpha value is -2.18. The van der Waals surface area contributed by atoms with Gasteiger partial charge in [0.25, 0.3) is 0 Å². The van der Waals surface area contributed by atoms with Crippen LogP contribution in [0.1, 0.15) is 16.1 Å². The van der Waals surface area contributed by atoms with Gasteiger partial charge in [-0.05, 0) is 17.7 Å². The van der Waals surface area contributed by atoms with Gasteiger partial charge in [-0.1, -0.05) is 18.2 Å². The minimum Gasteiger partial charge on any atom is -0.476 e. The van der Waals surface area contributed by atoms with Gasteiger partial charge in [-0.25, -0.2) is 4.79 Å². The number of carboxylic acid groups (broad SMARTS) is 1. The fourth-order valence-electron chi connectivity index (χ4n) is 2.69. The minimum atomic E-state index is -1.01. The smallest absolute Gasteiger partial charge is 0.356 e. The molecule has 22 heavy (non-hydrogen) atoms. The molecule has 3 rings (SSSR count). The Balaban J connectivity index is 1.82. The highest BCUT2D eigenvalue weighted by Gasteiger charge is 2.14. The van der Waals surface area contributed by atoms with E-state index < -0.39 is 5.97 Å². The zero-order valence-electron chi connectivity index (χ0n) is 12.5. The van der Waals surface area contributed by atoms with Gasteiger partial charge in [0.2, 0.25) is 0 Å². The van der Waals surface area contributed by atoms with Crippen LogP contribution >= 0.6 is 0 Å². The van der Waals surface area contributed by atoms with E-state index in [9.17, 15) is 4.79 Å². The van der Waals surface area contributed by atoms with E-state index in [-0.39, 0.29) is 5.69 Å². The molecule has 0 aliphatic carbocycles. The second-order valence-electron chi connectivity index (χ2n) is 5.43. The molecule has 2 aromatic rings. The summed E-state index contributed by atoms with van der Waals surface area (Å²) in [5.74, 6) is -1.01. The fraction of sp³-hybridized carbons (Fsp3) is 0.375. The Morgan fingerprint density at radius 2 is 2.09 bits per heavy atom. The molecule has 0 atom stereocenters. The first kappa shape index (κ1) is 14.7. The molecule has 1 fully saturated rings. The number of hydrogen-bond acceptors (Lipinski definition) is 4. The molecule has 2 heterocycles. The lowest BCUT2D eigenvalue weighted by molar-refractivity contribution is 0.0342. The molecule has 1 aliphatic rings. The zero-order valence-corrected chi connectivity index (χ0v) is 12.5. The van der Waals surface area contributed by atoms with Crippen LogP contribution < -0.4 is 0 Å². The van der Waals surface area contributed by atoms with E-state index in [1.165, 1.54) is 5.56 Å². The highest BCUT2D eigenvalue weighted by atomic mass is 16.5. The summed E-state index contributed by atoms with van der Waals surface area (Å²) in [5, 5.41) is 13.1. The number of aromatic carboxylic acids is 1. The number of carboxylic acids is 1. The number of aromatic nitrogens is 2. The third-order valence-electron chi connectivity index (χ3n) is 3.83. The van der Waals surface area contributed by atoms with E-state index in [2.05, 4.69) is 22.1 Å². The van der Waals surface area contributed by atoms with Crippen molar-refractivity contribution in [3.05, 3.63) is 41.6 Å². The standard InChI is InChI=1S/C16H19N3O3/c1-18-15(10-14(17-18)16(20)21)13-4-2-3-12(9-13)11-19-5-7-22-8-6-19/h2-4,9-10H,5-8,11H2,1H3,(H,20,21). The van der Waals surface area contributed by atoms with Gasteiger partial charge < -0.3 is 9.84 Å². The maximum atomic E-state index is 11.0. The molecule has 0 amide bonds. The van der Waals surface area contributed by atoms with Crippen LogP contribution in [0.4, 0.5) is 0 Å². The monoisotopic (exact) mass is 301 g/mol. The van der Waals surface area contributed by atoms with Gasteiger partial charge in [-0.2, -0.15) is 5.10 Å². The molecule has 1 aromatic carbocycles. The molecule has 0 bridgehead atoms. The molecular formula is C16H19N3O3. The SMILES string of the molecule is Cn1nc(C(=O)O)cc1-c1cccc(CN2CCOCC2)c1. The molecule has 116 valence electrons. The van der Waals surface area contributed by atoms with Crippen LogP contribution in [0.5, 0.6) is 0 Å². The fourth-order valence-corrected chi connectivity index (χ4v) is 2.69. The molecule has 6 heteroatoms. The normalized spacial score (nSPS) is 15.9. The van der Waals surface area contributed by atoms with Crippen molar-refractivity contribution < 1.29 is 14.6 Å². The number of ether oxygens (including phenoxy) is 1. The van der Waals surface area contributed by atoms with Crippen LogP contribution in [0, 0.1) is 0 Å². The van der Waals surface area contributed by atoms with Crippen molar-refractivity contribution >= 4 is 5.97 Å². The lowest BCUT2D eigenvalue weighted by atomic mass is 10.1. The quantitative estimate of drug-likeness (QED) is 0.929. The summed E-state index contributed by atoms with van der Waals surface area (Å²) in [6.07, 6.45) is 0. The Labute approximate surface area is 128 Å². The third-order valence-corrected chi connectivity index (χ3v) is 3.83. The van der Waals surface area contributed by atoms with Gasteiger partial charge in [-0.3, -0.25) is 9.58 Å². The maximum Gasteiger partial charge on any atom is 0.356 e. The third kappa shape index (κ3) is 3.18. The van der Waals surface area contributed by atoms with Crippen LogP contribution in [-0.4, -0.2) is 52.1 Å². The molecular weight excluding hydrogens is 282 g/mol. The average Bonchev–Trinajstić information content (AvgIpc) is 2.91. The van der Waals surface area contributed by atoms with Gasteiger partial charge in [0.15, 0.2) is 5.69 Å². The van der Waals surface area contributed by atoms with E-state index in [1.54, 1.807) is 17.8 Å². The van der Waals surface area contributed by atoms with Crippen LogP contribution in [0.2, 0.25) is 0 Å². The lowest BCUT2D eigenvalue weighted by Gasteiger charge is -2.26. The van der Waals surface area contributed by atoms with Crippen molar-refractivity contribution in [2.45, 2.75) is 6.54 Å². The predicted octanol–water partition coefficient (Wildman–Crippen LogP) is 1.62. The largest absolute Gasteiger partial charge is 0.476 e. The van der Waals surface area contributed by atoms with E-state index in [1.807, 2.05) is 12.1 Å². The van der Waals surface area contributed by atoms with Gasteiger partial charge in [0, 0.05) is 32.2 Å². The summed E-state index contributed by atoms with van der Waals surface area (Å²) in [6.45, 7) is 4.33. The molecule has 1 N–H and O–H groups in total. The second-order valence-corrected chi connectivity index (χ2v) is 5.43. The van der Waals surface area contributed by atoms with Crippen molar-refractivity contribution in [1.82, 2.24) is 14.7 Å². The number of nitrogens with zero attached hydrogens (tertiary/aromatic N) is 3. The highest BCUT2D eigenvalue weighted by molar-refractivity contribution is 5.87. The van der Waals surface area contributed by atoms with Crippen LogP contribution in [0.3, 0.4) is 0 Å². The first-order valence-corrected chi connectivity index (χ1v) is 7.30. The molecule has 6 nitrogen and oxygen atoms in total. The molecule has 0 radical (unpaired) electrons. The van der Waals surface area contributed by atoms with Crippen molar-refractivity contribution in [2.75, 3.05) is 26.3 Å². The number of benzene rings is 1. The number of hydrogen-bond donors (Lipinski definition) is 1. The Bertz CT molecular complexity index is 675. The van der Waals surface area contributed by atoms with E-state index in [0.29, 0.717) is 0 Å². The molecule has 0 unspecified atom stereocenters. The Kier molecular flexibility index (Phi) is 4.22. The topological polar surface area (TPSA) is 67.6 Å². The highest BCUT2D eigenvalue weighted by Crippen LogP contribution is 2.22. The van der Waals surface area contributed by atoms with Crippen LogP contribution in [-0.2, 0) is 18.3 Å². The predicted molar refractivity (Wildman–Crippen MR) is 81.7 cm³/mol. The number of rotatable bonds is 4. The molecule has 0 spiro atoms. The Morgan fingerprint density at radius 1 is 1.32 bits per heavy atom. The molecule has 1 saturated heterocycles. The van der Waals surface area contributed by atoms with Gasteiger partial charge in [0.1, 0.15) is 0 Å². The van der Waals surface area contributed by atoms with Gasteiger partial charge >= 0.3 is 5.97 Å². The van der Waals surface area contributed by atoms with Crippen LogP contribution in [0.15, 0.2) is 30.3 Å². The van der Waals surface area contributed by atoms with Gasteiger partial charge in [-0.15, -0.1) is 0 Å². The number of carbonyl (C=O) groups is 1. The number of aryl methyl sites for hydroxylation is 1. The van der Waals surface area contributed by atoms with Crippen LogP contribution in [0.25, 0.3) is 11.3 Å². The number of morpholine rings is 1. The van der Waals surface area contributed by atoms with Crippen molar-refractivity contribution in [2.24, 2.45) is 7.05 Å². The first-order valence-electron chi connectivity index (χ1n) is 7.30. The summed E-state index contributed by atoms with van der Waals surface area (Å²) < 4.78 is 6.97. The molecule has 1 aliphatic heterocycles. The van der Waals surface area contributed by atoms with E-state index >= 15 is 0 Å². The average molecular weight is 301 g/mol. The lowest BCUT2D eigenvalue weighted by Crippen LogP contribution is -2.35. The first-order chi connectivity index (χ1) is 10.6. The van der Waals surface area contributed by atoms with E-state index in [4.69, 9.17) is 9.84 Å². The minimum absolute atomic E-state index is 0.0658. The Morgan fingerprint density at radius 3 is 2.77 bits per heavy atom. The summed E-state index contributed by atoms with van der Waals surface area (Å²) in [6, 6.07) is 9.77. The summed E-state index contributed by atoms with van der Waals surface area (Å²) in [7, 11) is 1.76. The van der Waals surface area contributed by atoms with Crippen molar-refractivity contribution in [1.29, 1.82) is 0 Å².